The second-order valence-corrected chi connectivity index (χ2v) is 6.23. The zero-order chi connectivity index (χ0) is 19.3. The summed E-state index contributed by atoms with van der Waals surface area (Å²) in [6, 6.07) is 22.7. The number of nitrogens with one attached hydrogen (secondary N) is 2. The summed E-state index contributed by atoms with van der Waals surface area (Å²) in [4.78, 5) is 26.7. The SMILES string of the molecule is O=C(COc1ccc2ccccc2c1)NN=Cc1cc2ccccc2[nH]c1=O. The zero-order valence-corrected chi connectivity index (χ0v) is 14.9. The first-order chi connectivity index (χ1) is 13.7. The van der Waals surface area contributed by atoms with Crippen LogP contribution < -0.4 is 15.7 Å². The van der Waals surface area contributed by atoms with Crippen LogP contribution in [0.3, 0.4) is 0 Å². The summed E-state index contributed by atoms with van der Waals surface area (Å²) in [6.45, 7) is -0.177. The zero-order valence-electron chi connectivity index (χ0n) is 14.9. The number of fused-ring (bicyclic) bond motifs is 2. The molecule has 0 aliphatic rings. The van der Waals surface area contributed by atoms with E-state index in [9.17, 15) is 9.59 Å². The summed E-state index contributed by atoms with van der Waals surface area (Å²) < 4.78 is 5.51. The number of aromatic nitrogens is 1. The van der Waals surface area contributed by atoms with Crippen molar-refractivity contribution in [3.63, 3.8) is 0 Å². The number of rotatable bonds is 5. The maximum Gasteiger partial charge on any atom is 0.277 e. The first-order valence-electron chi connectivity index (χ1n) is 8.75. The fourth-order valence-electron chi connectivity index (χ4n) is 2.87. The van der Waals surface area contributed by atoms with Crippen molar-refractivity contribution in [2.24, 2.45) is 5.10 Å². The third-order valence-corrected chi connectivity index (χ3v) is 4.27. The lowest BCUT2D eigenvalue weighted by molar-refractivity contribution is -0.123. The quantitative estimate of drug-likeness (QED) is 0.417. The number of ether oxygens (including phenoxy) is 1. The van der Waals surface area contributed by atoms with Gasteiger partial charge in [0.1, 0.15) is 5.75 Å². The molecule has 1 aromatic heterocycles. The van der Waals surface area contributed by atoms with Crippen LogP contribution in [0.25, 0.3) is 21.7 Å². The molecular formula is C22H17N3O3. The Morgan fingerprint density at radius 2 is 1.71 bits per heavy atom. The molecule has 28 heavy (non-hydrogen) atoms. The number of carbonyl (C=O) groups excluding carboxylic acids is 1. The van der Waals surface area contributed by atoms with Gasteiger partial charge in [-0.05, 0) is 40.4 Å². The van der Waals surface area contributed by atoms with Crippen molar-refractivity contribution in [3.8, 4) is 5.75 Å². The van der Waals surface area contributed by atoms with Gasteiger partial charge in [0.05, 0.1) is 11.8 Å². The molecule has 0 bridgehead atoms. The van der Waals surface area contributed by atoms with Crippen molar-refractivity contribution >= 4 is 33.8 Å². The molecule has 0 saturated heterocycles. The smallest absolute Gasteiger partial charge is 0.277 e. The molecule has 1 heterocycles. The van der Waals surface area contributed by atoms with E-state index in [1.165, 1.54) is 6.21 Å². The average molecular weight is 371 g/mol. The standard InChI is InChI=1S/C22H17N3O3/c26-21(14-28-19-10-9-15-5-1-2-6-16(15)12-19)25-23-13-18-11-17-7-3-4-8-20(17)24-22(18)27/h1-13H,14H2,(H,24,27)(H,25,26). The number of amides is 1. The maximum absolute atomic E-state index is 12.0. The molecule has 0 radical (unpaired) electrons. The topological polar surface area (TPSA) is 83.5 Å². The molecule has 2 N–H and O–H groups in total. The average Bonchev–Trinajstić information content (AvgIpc) is 2.72. The molecule has 0 spiro atoms. The van der Waals surface area contributed by atoms with Gasteiger partial charge in [0.15, 0.2) is 6.61 Å². The van der Waals surface area contributed by atoms with Crippen LogP contribution in [0.15, 0.2) is 82.7 Å². The third-order valence-electron chi connectivity index (χ3n) is 4.27. The van der Waals surface area contributed by atoms with Crippen LogP contribution in [0.4, 0.5) is 0 Å². The summed E-state index contributed by atoms with van der Waals surface area (Å²) in [7, 11) is 0. The van der Waals surface area contributed by atoms with Crippen molar-refractivity contribution in [1.82, 2.24) is 10.4 Å². The lowest BCUT2D eigenvalue weighted by Crippen LogP contribution is -2.25. The molecule has 4 rings (SSSR count). The summed E-state index contributed by atoms with van der Waals surface area (Å²) in [5, 5.41) is 6.87. The van der Waals surface area contributed by atoms with Gasteiger partial charge in [-0.1, -0.05) is 48.5 Å². The van der Waals surface area contributed by atoms with E-state index in [1.807, 2.05) is 66.7 Å². The Hall–Kier alpha value is -3.93. The van der Waals surface area contributed by atoms with Crippen molar-refractivity contribution in [3.05, 3.63) is 88.7 Å². The van der Waals surface area contributed by atoms with Gasteiger partial charge in [-0.3, -0.25) is 9.59 Å². The largest absolute Gasteiger partial charge is 0.484 e. The monoisotopic (exact) mass is 371 g/mol. The molecule has 6 heteroatoms. The number of H-pyrrole nitrogens is 1. The Bertz CT molecular complexity index is 1240. The highest BCUT2D eigenvalue weighted by Gasteiger charge is 2.04. The van der Waals surface area contributed by atoms with Gasteiger partial charge in [-0.15, -0.1) is 0 Å². The number of nitrogens with zero attached hydrogens (tertiary/aromatic N) is 1. The molecular weight excluding hydrogens is 354 g/mol. The Labute approximate surface area is 160 Å². The van der Waals surface area contributed by atoms with Crippen molar-refractivity contribution in [1.29, 1.82) is 0 Å². The van der Waals surface area contributed by atoms with Crippen LogP contribution in [-0.4, -0.2) is 23.7 Å². The molecule has 1 amide bonds. The molecule has 0 unspecified atom stereocenters. The number of hydrogen-bond donors (Lipinski definition) is 2. The van der Waals surface area contributed by atoms with Gasteiger partial charge in [0.2, 0.25) is 0 Å². The number of hydrazone groups is 1. The highest BCUT2D eigenvalue weighted by molar-refractivity contribution is 5.88. The third kappa shape index (κ3) is 3.91. The Morgan fingerprint density at radius 3 is 2.57 bits per heavy atom. The Kier molecular flexibility index (Phi) is 4.84. The Morgan fingerprint density at radius 1 is 0.964 bits per heavy atom. The number of carbonyl (C=O) groups is 1. The molecule has 3 aromatic carbocycles. The molecule has 0 atom stereocenters. The first kappa shape index (κ1) is 17.5. The van der Waals surface area contributed by atoms with Crippen molar-refractivity contribution < 1.29 is 9.53 Å². The van der Waals surface area contributed by atoms with E-state index >= 15 is 0 Å². The highest BCUT2D eigenvalue weighted by Crippen LogP contribution is 2.20. The predicted octanol–water partition coefficient (Wildman–Crippen LogP) is 3.21. The van der Waals surface area contributed by atoms with Crippen LogP contribution >= 0.6 is 0 Å². The lowest BCUT2D eigenvalue weighted by atomic mass is 10.1. The van der Waals surface area contributed by atoms with Gasteiger partial charge >= 0.3 is 0 Å². The number of para-hydroxylation sites is 1. The first-order valence-corrected chi connectivity index (χ1v) is 8.75. The Balaban J connectivity index is 1.37. The normalized spacial score (nSPS) is 11.1. The second kappa shape index (κ2) is 7.75. The minimum absolute atomic E-state index is 0.177. The molecule has 0 fully saturated rings. The number of pyridine rings is 1. The van der Waals surface area contributed by atoms with E-state index in [1.54, 1.807) is 6.07 Å². The minimum atomic E-state index is -0.415. The maximum atomic E-state index is 12.0. The molecule has 0 saturated carbocycles. The van der Waals surface area contributed by atoms with E-state index in [0.717, 1.165) is 21.7 Å². The van der Waals surface area contributed by atoms with Gasteiger partial charge in [-0.2, -0.15) is 5.10 Å². The fourth-order valence-corrected chi connectivity index (χ4v) is 2.87. The van der Waals surface area contributed by atoms with Crippen LogP contribution in [0.5, 0.6) is 5.75 Å². The van der Waals surface area contributed by atoms with E-state index < -0.39 is 5.91 Å². The van der Waals surface area contributed by atoms with E-state index in [4.69, 9.17) is 4.74 Å². The fraction of sp³-hybridized carbons (Fsp3) is 0.0455. The summed E-state index contributed by atoms with van der Waals surface area (Å²) >= 11 is 0. The van der Waals surface area contributed by atoms with Gasteiger partial charge in [0, 0.05) is 5.52 Å². The molecule has 138 valence electrons. The van der Waals surface area contributed by atoms with Gasteiger partial charge < -0.3 is 9.72 Å². The van der Waals surface area contributed by atoms with Gasteiger partial charge in [0.25, 0.3) is 11.5 Å². The predicted molar refractivity (Wildman–Crippen MR) is 110 cm³/mol. The molecule has 0 aliphatic carbocycles. The summed E-state index contributed by atoms with van der Waals surface area (Å²) in [5.41, 5.74) is 3.20. The van der Waals surface area contributed by atoms with Crippen LogP contribution in [0.1, 0.15) is 5.56 Å². The van der Waals surface area contributed by atoms with Crippen LogP contribution in [-0.2, 0) is 4.79 Å². The summed E-state index contributed by atoms with van der Waals surface area (Å²) in [6.07, 6.45) is 1.32. The van der Waals surface area contributed by atoms with Crippen LogP contribution in [0.2, 0.25) is 0 Å². The van der Waals surface area contributed by atoms with Crippen molar-refractivity contribution in [2.75, 3.05) is 6.61 Å². The second-order valence-electron chi connectivity index (χ2n) is 6.23. The van der Waals surface area contributed by atoms with Gasteiger partial charge in [-0.25, -0.2) is 5.43 Å². The van der Waals surface area contributed by atoms with Crippen LogP contribution in [0, 0.1) is 0 Å². The number of aromatic amines is 1. The highest BCUT2D eigenvalue weighted by atomic mass is 16.5. The molecule has 0 aliphatic heterocycles. The molecule has 6 nitrogen and oxygen atoms in total. The van der Waals surface area contributed by atoms with E-state index in [2.05, 4.69) is 15.5 Å². The van der Waals surface area contributed by atoms with E-state index in [-0.39, 0.29) is 12.2 Å². The lowest BCUT2D eigenvalue weighted by Gasteiger charge is -2.06. The number of benzene rings is 3. The van der Waals surface area contributed by atoms with E-state index in [0.29, 0.717) is 11.3 Å². The minimum Gasteiger partial charge on any atom is -0.484 e. The summed E-state index contributed by atoms with van der Waals surface area (Å²) in [5.74, 6) is 0.186. The number of hydrogen-bond acceptors (Lipinski definition) is 4. The molecule has 4 aromatic rings. The van der Waals surface area contributed by atoms with Crippen molar-refractivity contribution in [2.45, 2.75) is 0 Å².